The molecule has 0 amide bonds. The van der Waals surface area contributed by atoms with Gasteiger partial charge in [-0.25, -0.2) is 85.8 Å². The van der Waals surface area contributed by atoms with Gasteiger partial charge in [0.2, 0.25) is 17.5 Å². The van der Waals surface area contributed by atoms with Crippen molar-refractivity contribution in [2.45, 2.75) is 53.4 Å². The van der Waals surface area contributed by atoms with E-state index in [9.17, 15) is 18.0 Å². The second kappa shape index (κ2) is 33.1. The molecule has 10 heterocycles. The molecule has 0 fully saturated rings. The number of aryl methyl sites for hydroxylation is 6. The number of hydrogen-bond acceptors (Lipinski definition) is 6. The van der Waals surface area contributed by atoms with Gasteiger partial charge < -0.3 is 19.9 Å². The Labute approximate surface area is 731 Å². The summed E-state index contributed by atoms with van der Waals surface area (Å²) in [5.41, 5.74) is 5.26. The van der Waals surface area contributed by atoms with Gasteiger partial charge in [-0.2, -0.15) is 0 Å². The zero-order chi connectivity index (χ0) is 86.3. The van der Waals surface area contributed by atoms with Gasteiger partial charge in [-0.15, -0.1) is 44.1 Å². The standard InChI is InChI=1S/C98H53F15N8OS.2Zn/c1-42-38-44(3)71(45(4)39-42)76-61-28-22-55(114-61)73(56-23-29-62(115-56)77(72-46(5)40-43(2)41-47(72)6)64-31-25-60(117-64)75(59-24-30-63(76)116-59)53-18-20-54(21-19-53)123-48(7)122)51-14-10-49(11-15-51)8-9-50-12-16-52(17-13-50)74-57-26-32-65(118-57)78(81-84(99)90(105)96(111)91(106)85(81)100)67-34-36-69(120-67)80(83-88(103)94(109)98(113)95(110)89(83)104)70-37-35-68(121-70)79(66-33-27-58(74)119-66)82-86(101)92(107)97(112)93(108)87(82)102;;/h10-41H,1-7H3;;/q-4;2*+2. The molecule has 0 spiro atoms. The predicted molar refractivity (Wildman–Crippen MR) is 447 cm³/mol. The summed E-state index contributed by atoms with van der Waals surface area (Å²) in [5.74, 6) is -31.1. The Morgan fingerprint density at radius 3 is 0.672 bits per heavy atom. The number of thioether (sulfide) groups is 1. The zero-order valence-electron chi connectivity index (χ0n) is 66.5. The van der Waals surface area contributed by atoms with Crippen LogP contribution in [-0.4, -0.2) is 25.1 Å². The van der Waals surface area contributed by atoms with Crippen LogP contribution in [0.2, 0.25) is 0 Å². The molecular weight excluding hydrogens is 1750 g/mol. The molecule has 27 heteroatoms. The summed E-state index contributed by atoms with van der Waals surface area (Å²) in [4.78, 5) is 52.7. The molecule has 0 unspecified atom stereocenters. The topological polar surface area (TPSA) is 125 Å². The fourth-order valence-electron chi connectivity index (χ4n) is 16.4. The maximum Gasteiger partial charge on any atom is 2.00 e. The summed E-state index contributed by atoms with van der Waals surface area (Å²) in [6, 6.07) is 41.6. The van der Waals surface area contributed by atoms with E-state index in [1.54, 1.807) is 12.1 Å². The van der Waals surface area contributed by atoms with Crippen LogP contribution in [0.5, 0.6) is 0 Å². The first kappa shape index (κ1) is 85.3. The number of fused-ring (bicyclic) bond motifs is 16. The first-order chi connectivity index (χ1) is 59.0. The van der Waals surface area contributed by atoms with Crippen LogP contribution in [0.25, 0.3) is 182 Å². The van der Waals surface area contributed by atoms with Gasteiger partial charge in [0.25, 0.3) is 0 Å². The largest absolute Gasteiger partial charge is 2.00 e. The molecular formula is C98H53F15N8OSZn2. The van der Waals surface area contributed by atoms with Crippen molar-refractivity contribution in [3.8, 4) is 101 Å². The Morgan fingerprint density at radius 2 is 0.448 bits per heavy atom. The van der Waals surface area contributed by atoms with Crippen LogP contribution in [0.15, 0.2) is 150 Å². The van der Waals surface area contributed by atoms with Crippen molar-refractivity contribution in [3.63, 3.8) is 0 Å². The van der Waals surface area contributed by atoms with Crippen LogP contribution >= 0.6 is 11.8 Å². The van der Waals surface area contributed by atoms with E-state index < -0.39 is 154 Å². The molecule has 0 atom stereocenters. The summed E-state index contributed by atoms with van der Waals surface area (Å²) in [5, 5.41) is -0.0445. The van der Waals surface area contributed by atoms with E-state index in [0.717, 1.165) is 120 Å². The van der Waals surface area contributed by atoms with Crippen molar-refractivity contribution in [1.29, 1.82) is 0 Å². The van der Waals surface area contributed by atoms with Crippen LogP contribution in [0.3, 0.4) is 0 Å². The molecule has 16 bridgehead atoms. The van der Waals surface area contributed by atoms with Gasteiger partial charge in [-0.05, 0) is 221 Å². The average Bonchev–Trinajstić information content (AvgIpc) is 1.70. The van der Waals surface area contributed by atoms with Crippen LogP contribution in [0, 0.1) is 141 Å². The minimum absolute atomic E-state index is 0. The molecule has 0 N–H and O–H groups in total. The van der Waals surface area contributed by atoms with Gasteiger partial charge in [0.1, 0.15) is 0 Å². The predicted octanol–water partition coefficient (Wildman–Crippen LogP) is 25.4. The monoisotopic (exact) mass is 1800 g/mol. The number of benzene rings is 8. The van der Waals surface area contributed by atoms with E-state index in [4.69, 9.17) is 19.9 Å². The molecule has 4 aliphatic rings. The first-order valence-corrected chi connectivity index (χ1v) is 38.7. The third-order valence-electron chi connectivity index (χ3n) is 21.6. The molecule has 0 saturated carbocycles. The van der Waals surface area contributed by atoms with Crippen molar-refractivity contribution in [2.24, 2.45) is 0 Å². The Morgan fingerprint density at radius 1 is 0.256 bits per heavy atom. The van der Waals surface area contributed by atoms with E-state index in [2.05, 4.69) is 83.7 Å². The molecule has 18 rings (SSSR count). The third-order valence-corrected chi connectivity index (χ3v) is 22.3. The van der Waals surface area contributed by atoms with Gasteiger partial charge in [0, 0.05) is 22.9 Å². The summed E-state index contributed by atoms with van der Waals surface area (Å²) in [6.45, 7) is 13.9. The smallest absolute Gasteiger partial charge is 0.657 e. The Kier molecular flexibility index (Phi) is 22.6. The van der Waals surface area contributed by atoms with Gasteiger partial charge >= 0.3 is 39.0 Å². The average molecular weight is 1810 g/mol. The maximum atomic E-state index is 16.5. The number of aromatic nitrogens is 8. The third kappa shape index (κ3) is 14.8. The normalized spacial score (nSPS) is 12.0. The molecule has 4 aliphatic heterocycles. The van der Waals surface area contributed by atoms with E-state index in [1.807, 2.05) is 111 Å². The summed E-state index contributed by atoms with van der Waals surface area (Å²) >= 11 is 1.14. The van der Waals surface area contributed by atoms with Crippen molar-refractivity contribution in [2.75, 3.05) is 0 Å². The van der Waals surface area contributed by atoms with Crippen molar-refractivity contribution in [3.05, 3.63) is 323 Å². The van der Waals surface area contributed by atoms with Crippen molar-refractivity contribution >= 4 is 110 Å². The Bertz CT molecular complexity index is 7390. The molecule has 0 radical (unpaired) electrons. The van der Waals surface area contributed by atoms with E-state index in [-0.39, 0.29) is 66.4 Å². The quantitative estimate of drug-likeness (QED) is 0.0344. The minimum atomic E-state index is -2.65. The first-order valence-electron chi connectivity index (χ1n) is 37.8. The van der Waals surface area contributed by atoms with Crippen molar-refractivity contribution in [1.82, 2.24) is 39.9 Å². The number of halogens is 15. The van der Waals surface area contributed by atoms with Gasteiger partial charge in [0.15, 0.2) is 74.9 Å². The van der Waals surface area contributed by atoms with E-state index >= 15 is 52.7 Å². The van der Waals surface area contributed by atoms with E-state index in [1.165, 1.54) is 31.2 Å². The van der Waals surface area contributed by atoms with Crippen molar-refractivity contribution < 1.29 is 110 Å². The molecule has 0 saturated heterocycles. The number of carbonyl (C=O) groups excluding carboxylic acids is 1. The molecule has 9 nitrogen and oxygen atoms in total. The molecule has 6 aromatic heterocycles. The van der Waals surface area contributed by atoms with Crippen LogP contribution in [0.4, 0.5) is 65.9 Å². The Balaban J connectivity index is 0.00000576. The van der Waals surface area contributed by atoms with Crippen LogP contribution < -0.4 is 19.9 Å². The second-order valence-corrected chi connectivity index (χ2v) is 30.9. The number of hydrogen-bond donors (Lipinski definition) is 0. The maximum absolute atomic E-state index is 16.5. The molecule has 14 aromatic rings. The van der Waals surface area contributed by atoms with Crippen LogP contribution in [0.1, 0.15) is 97.0 Å². The summed E-state index contributed by atoms with van der Waals surface area (Å²) < 4.78 is 236. The zero-order valence-corrected chi connectivity index (χ0v) is 73.2. The SMILES string of the molecule is CC(=O)Sc1ccc(-c2c3nc(c(-c4c(C)cc(C)cc4C)c4ccc([n-]4)c(-c4ccc(C#Cc5ccc(-c6c7nc(c(-c8c(F)c(F)c(F)c(F)c8F)c8ccc([n-]8)c(-c8c(F)c(F)c(F)c(F)c8F)c8nc(c(-c9c(F)c(F)c(F)c(F)c9F)c9ccc6[n-]9)C=C8)C=C7)cc5)cc4)c4nc(c(-c5c(C)cc(C)cc5C)c5ccc2[n-]5)C=C4)C=C3)cc1.[Zn+2].[Zn+2]. The number of nitrogens with zero attached hydrogens (tertiary/aromatic N) is 8. The molecule has 0 aliphatic carbocycles. The number of rotatable bonds is 9. The van der Waals surface area contributed by atoms with Crippen LogP contribution in [-0.2, 0) is 43.8 Å². The minimum Gasteiger partial charge on any atom is -0.657 e. The van der Waals surface area contributed by atoms with Gasteiger partial charge in [0.05, 0.1) is 62.2 Å². The fraction of sp³-hybridized carbons (Fsp3) is 0.0714. The second-order valence-electron chi connectivity index (χ2n) is 29.6. The summed E-state index contributed by atoms with van der Waals surface area (Å²) in [6.07, 6.45) is 11.7. The molecule has 606 valence electrons. The Hall–Kier alpha value is -13.3. The number of carbonyl (C=O) groups is 1. The van der Waals surface area contributed by atoms with E-state index in [0.29, 0.717) is 67.1 Å². The molecule has 125 heavy (non-hydrogen) atoms. The fourth-order valence-corrected chi connectivity index (χ4v) is 17.0. The van der Waals surface area contributed by atoms with Gasteiger partial charge in [-0.3, -0.25) is 4.79 Å². The molecule has 8 aromatic carbocycles. The van der Waals surface area contributed by atoms with Gasteiger partial charge in [-0.1, -0.05) is 144 Å². The summed E-state index contributed by atoms with van der Waals surface area (Å²) in [7, 11) is 0.